The van der Waals surface area contributed by atoms with E-state index >= 15 is 0 Å². The molecule has 7 rings (SSSR count). The SMILES string of the molecule is CCc1ccc2c(c1)C1(c3ccccc3-c3ccccc31)c1cccc(I)c1-c1ccccc1-2. The third-order valence-corrected chi connectivity index (χ3v) is 8.65. The Labute approximate surface area is 214 Å². The van der Waals surface area contributed by atoms with Crippen LogP contribution >= 0.6 is 22.6 Å². The number of fused-ring (bicyclic) bond motifs is 12. The Balaban J connectivity index is 1.79. The van der Waals surface area contributed by atoms with Crippen molar-refractivity contribution in [3.63, 3.8) is 0 Å². The van der Waals surface area contributed by atoms with Crippen molar-refractivity contribution in [3.8, 4) is 33.4 Å². The molecule has 2 aliphatic rings. The van der Waals surface area contributed by atoms with Gasteiger partial charge in [0.1, 0.15) is 0 Å². The molecule has 5 aromatic rings. The number of benzene rings is 5. The molecule has 0 radical (unpaired) electrons. The zero-order chi connectivity index (χ0) is 22.9. The molecule has 0 fully saturated rings. The second-order valence-corrected chi connectivity index (χ2v) is 10.4. The van der Waals surface area contributed by atoms with Gasteiger partial charge in [0.2, 0.25) is 0 Å². The van der Waals surface area contributed by atoms with Crippen LogP contribution in [0.15, 0.2) is 109 Å². The Bertz CT molecular complexity index is 1560. The molecule has 0 aliphatic heterocycles. The molecule has 34 heavy (non-hydrogen) atoms. The van der Waals surface area contributed by atoms with E-state index in [1.807, 2.05) is 0 Å². The van der Waals surface area contributed by atoms with Crippen LogP contribution in [0.3, 0.4) is 0 Å². The summed E-state index contributed by atoms with van der Waals surface area (Å²) in [5, 5.41) is 0. The van der Waals surface area contributed by atoms with E-state index in [1.54, 1.807) is 0 Å². The van der Waals surface area contributed by atoms with Gasteiger partial charge in [0.05, 0.1) is 5.41 Å². The molecular weight excluding hydrogens is 523 g/mol. The van der Waals surface area contributed by atoms with Crippen LogP contribution in [0.2, 0.25) is 0 Å². The van der Waals surface area contributed by atoms with Crippen LogP contribution in [0.4, 0.5) is 0 Å². The summed E-state index contributed by atoms with van der Waals surface area (Å²) in [4.78, 5) is 0. The maximum atomic E-state index is 2.54. The molecule has 0 bridgehead atoms. The van der Waals surface area contributed by atoms with Crippen LogP contribution < -0.4 is 0 Å². The van der Waals surface area contributed by atoms with E-state index in [4.69, 9.17) is 0 Å². The third kappa shape index (κ3) is 2.48. The van der Waals surface area contributed by atoms with E-state index in [-0.39, 0.29) is 5.41 Å². The van der Waals surface area contributed by atoms with Gasteiger partial charge in [-0.15, -0.1) is 0 Å². The molecule has 0 aromatic heterocycles. The molecule has 0 amide bonds. The number of halogens is 1. The molecular formula is C33H23I. The lowest BCUT2D eigenvalue weighted by Crippen LogP contribution is -2.29. The zero-order valence-corrected chi connectivity index (χ0v) is 21.1. The highest BCUT2D eigenvalue weighted by Crippen LogP contribution is 2.61. The van der Waals surface area contributed by atoms with Crippen molar-refractivity contribution in [3.05, 3.63) is 141 Å². The van der Waals surface area contributed by atoms with E-state index < -0.39 is 0 Å². The van der Waals surface area contributed by atoms with Gasteiger partial charge >= 0.3 is 0 Å². The molecule has 1 spiro atoms. The fourth-order valence-electron chi connectivity index (χ4n) is 6.36. The predicted molar refractivity (Wildman–Crippen MR) is 150 cm³/mol. The third-order valence-electron chi connectivity index (χ3n) is 7.75. The average molecular weight is 546 g/mol. The Hall–Kier alpha value is -3.17. The first-order valence-corrected chi connectivity index (χ1v) is 13.0. The topological polar surface area (TPSA) is 0 Å². The fraction of sp³-hybridized carbons (Fsp3) is 0.0909. The van der Waals surface area contributed by atoms with Crippen molar-refractivity contribution in [2.45, 2.75) is 18.8 Å². The summed E-state index contributed by atoms with van der Waals surface area (Å²) < 4.78 is 1.30. The minimum Gasteiger partial charge on any atom is -0.0619 e. The highest BCUT2D eigenvalue weighted by Gasteiger charge is 2.49. The van der Waals surface area contributed by atoms with Gasteiger partial charge in [-0.2, -0.15) is 0 Å². The molecule has 0 saturated heterocycles. The smallest absolute Gasteiger partial charge is 0.0619 e. The van der Waals surface area contributed by atoms with Crippen LogP contribution in [0, 0.1) is 3.57 Å². The maximum Gasteiger partial charge on any atom is 0.0726 e. The summed E-state index contributed by atoms with van der Waals surface area (Å²) in [6.07, 6.45) is 1.02. The number of hydrogen-bond acceptors (Lipinski definition) is 0. The monoisotopic (exact) mass is 546 g/mol. The molecule has 0 nitrogen and oxygen atoms in total. The Kier molecular flexibility index (Phi) is 4.41. The quantitative estimate of drug-likeness (QED) is 0.181. The first kappa shape index (κ1) is 20.2. The van der Waals surface area contributed by atoms with Gasteiger partial charge in [-0.05, 0) is 90.7 Å². The van der Waals surface area contributed by atoms with Crippen molar-refractivity contribution in [1.82, 2.24) is 0 Å². The number of hydrogen-bond donors (Lipinski definition) is 0. The van der Waals surface area contributed by atoms with Crippen LogP contribution in [0.25, 0.3) is 33.4 Å². The van der Waals surface area contributed by atoms with Gasteiger partial charge in [0.15, 0.2) is 0 Å². The second kappa shape index (κ2) is 7.41. The lowest BCUT2D eigenvalue weighted by Gasteiger charge is -2.35. The molecule has 0 saturated carbocycles. The van der Waals surface area contributed by atoms with Gasteiger partial charge in [-0.3, -0.25) is 0 Å². The van der Waals surface area contributed by atoms with Crippen molar-refractivity contribution in [2.24, 2.45) is 0 Å². The van der Waals surface area contributed by atoms with Gasteiger partial charge < -0.3 is 0 Å². The molecule has 0 atom stereocenters. The highest BCUT2D eigenvalue weighted by molar-refractivity contribution is 14.1. The zero-order valence-electron chi connectivity index (χ0n) is 19.0. The molecule has 1 heteroatoms. The van der Waals surface area contributed by atoms with E-state index in [1.165, 1.54) is 64.8 Å². The molecule has 0 unspecified atom stereocenters. The first-order valence-electron chi connectivity index (χ1n) is 12.0. The van der Waals surface area contributed by atoms with Gasteiger partial charge in [0, 0.05) is 9.13 Å². The summed E-state index contributed by atoms with van der Waals surface area (Å²) in [6.45, 7) is 2.26. The largest absolute Gasteiger partial charge is 0.0726 e. The summed E-state index contributed by atoms with van der Waals surface area (Å²) in [5.41, 5.74) is 14.6. The molecule has 162 valence electrons. The van der Waals surface area contributed by atoms with Crippen LogP contribution in [-0.2, 0) is 11.8 Å². The second-order valence-electron chi connectivity index (χ2n) is 9.28. The summed E-state index contributed by atoms with van der Waals surface area (Å²) in [6, 6.07) is 41.1. The summed E-state index contributed by atoms with van der Waals surface area (Å²) in [7, 11) is 0. The Morgan fingerprint density at radius 2 is 1.09 bits per heavy atom. The number of aryl methyl sites for hydroxylation is 1. The lowest BCUT2D eigenvalue weighted by molar-refractivity contribution is 0.772. The van der Waals surface area contributed by atoms with Crippen molar-refractivity contribution in [2.75, 3.05) is 0 Å². The normalized spacial score (nSPS) is 13.9. The van der Waals surface area contributed by atoms with E-state index in [0.717, 1.165) is 6.42 Å². The van der Waals surface area contributed by atoms with Crippen LogP contribution in [-0.4, -0.2) is 0 Å². The van der Waals surface area contributed by atoms with Crippen molar-refractivity contribution >= 4 is 22.6 Å². The Morgan fingerprint density at radius 3 is 1.76 bits per heavy atom. The lowest BCUT2D eigenvalue weighted by atomic mass is 9.65. The van der Waals surface area contributed by atoms with E-state index in [2.05, 4.69) is 139 Å². The van der Waals surface area contributed by atoms with Crippen molar-refractivity contribution < 1.29 is 0 Å². The molecule has 2 aliphatic carbocycles. The Morgan fingerprint density at radius 1 is 0.529 bits per heavy atom. The number of rotatable bonds is 1. The van der Waals surface area contributed by atoms with Gasteiger partial charge in [-0.25, -0.2) is 0 Å². The van der Waals surface area contributed by atoms with Gasteiger partial charge in [0.25, 0.3) is 0 Å². The molecule has 5 aromatic carbocycles. The maximum absolute atomic E-state index is 2.54. The molecule has 0 heterocycles. The van der Waals surface area contributed by atoms with E-state index in [0.29, 0.717) is 0 Å². The first-order chi connectivity index (χ1) is 16.7. The minimum atomic E-state index is -0.358. The van der Waals surface area contributed by atoms with Crippen LogP contribution in [0.5, 0.6) is 0 Å². The molecule has 0 N–H and O–H groups in total. The summed E-state index contributed by atoms with van der Waals surface area (Å²) in [5.74, 6) is 0. The highest BCUT2D eigenvalue weighted by atomic mass is 127. The fourth-order valence-corrected chi connectivity index (χ4v) is 7.15. The minimum absolute atomic E-state index is 0.358. The van der Waals surface area contributed by atoms with Gasteiger partial charge in [-0.1, -0.05) is 110 Å². The standard InChI is InChI=1S/C33H23I/c1-2-21-18-19-25-22-10-3-4-13-26(22)32-29(16-9-17-31(32)34)33(30(25)20-21)27-14-7-5-11-23(27)24-12-6-8-15-28(24)33/h3-20H,2H2,1H3. The van der Waals surface area contributed by atoms with Crippen LogP contribution in [0.1, 0.15) is 34.7 Å². The predicted octanol–water partition coefficient (Wildman–Crippen LogP) is 8.86. The summed E-state index contributed by atoms with van der Waals surface area (Å²) >= 11 is 2.54. The van der Waals surface area contributed by atoms with E-state index in [9.17, 15) is 0 Å². The van der Waals surface area contributed by atoms with Crippen molar-refractivity contribution in [1.29, 1.82) is 0 Å². The average Bonchev–Trinajstić information content (AvgIpc) is 3.13.